The minimum Gasteiger partial charge on any atom is -0.298 e. The fraction of sp³-hybridized carbons (Fsp3) is 0. The van der Waals surface area contributed by atoms with Crippen LogP contribution in [0.2, 0.25) is 0 Å². The number of fused-ring (bicyclic) bond motifs is 1. The lowest BCUT2D eigenvalue weighted by atomic mass is 10.3. The number of carbonyl (C=O) groups excluding carboxylic acids is 1. The van der Waals surface area contributed by atoms with Crippen molar-refractivity contribution < 1.29 is 4.79 Å². The average molecular weight is 226 g/mol. The molecular formula is C7H4BrN3O. The number of rotatable bonds is 1. The van der Waals surface area contributed by atoms with Gasteiger partial charge in [0.25, 0.3) is 0 Å². The lowest BCUT2D eigenvalue weighted by Crippen LogP contribution is -1.90. The highest BCUT2D eigenvalue weighted by atomic mass is 79.9. The SMILES string of the molecule is O=Cc1cccn2nc(Br)nc12. The number of hydrogen-bond acceptors (Lipinski definition) is 3. The fourth-order valence-electron chi connectivity index (χ4n) is 0.993. The van der Waals surface area contributed by atoms with Crippen molar-refractivity contribution in [1.29, 1.82) is 0 Å². The second-order valence-electron chi connectivity index (χ2n) is 2.23. The van der Waals surface area contributed by atoms with Gasteiger partial charge in [-0.05, 0) is 28.1 Å². The van der Waals surface area contributed by atoms with Crippen molar-refractivity contribution in [2.24, 2.45) is 0 Å². The Hall–Kier alpha value is -1.23. The second kappa shape index (κ2) is 2.67. The van der Waals surface area contributed by atoms with Crippen molar-refractivity contribution in [3.8, 4) is 0 Å². The summed E-state index contributed by atoms with van der Waals surface area (Å²) in [5.74, 6) is 0. The fourth-order valence-corrected chi connectivity index (χ4v) is 1.33. The predicted molar refractivity (Wildman–Crippen MR) is 46.1 cm³/mol. The maximum absolute atomic E-state index is 10.5. The molecule has 2 heterocycles. The predicted octanol–water partition coefficient (Wildman–Crippen LogP) is 1.30. The van der Waals surface area contributed by atoms with Gasteiger partial charge in [0.15, 0.2) is 11.9 Å². The lowest BCUT2D eigenvalue weighted by Gasteiger charge is -1.91. The highest BCUT2D eigenvalue weighted by Crippen LogP contribution is 2.09. The maximum Gasteiger partial charge on any atom is 0.218 e. The number of hydrogen-bond donors (Lipinski definition) is 0. The van der Waals surface area contributed by atoms with Gasteiger partial charge in [-0.2, -0.15) is 0 Å². The molecule has 12 heavy (non-hydrogen) atoms. The third-order valence-corrected chi connectivity index (χ3v) is 1.83. The van der Waals surface area contributed by atoms with Crippen LogP contribution in [0, 0.1) is 0 Å². The van der Waals surface area contributed by atoms with Crippen LogP contribution in [0.3, 0.4) is 0 Å². The first-order valence-corrected chi connectivity index (χ1v) is 4.06. The maximum atomic E-state index is 10.5. The van der Waals surface area contributed by atoms with Gasteiger partial charge in [0.05, 0.1) is 5.56 Å². The average Bonchev–Trinajstić information content (AvgIpc) is 2.44. The quantitative estimate of drug-likeness (QED) is 0.688. The van der Waals surface area contributed by atoms with E-state index in [1.54, 1.807) is 22.8 Å². The molecule has 5 heteroatoms. The normalized spacial score (nSPS) is 10.4. The molecular weight excluding hydrogens is 222 g/mol. The molecule has 2 rings (SSSR count). The highest BCUT2D eigenvalue weighted by molar-refractivity contribution is 9.10. The van der Waals surface area contributed by atoms with Crippen molar-refractivity contribution in [2.45, 2.75) is 0 Å². The third kappa shape index (κ3) is 1.02. The van der Waals surface area contributed by atoms with Crippen LogP contribution in [0.4, 0.5) is 0 Å². The summed E-state index contributed by atoms with van der Waals surface area (Å²) in [5.41, 5.74) is 1.11. The van der Waals surface area contributed by atoms with Crippen LogP contribution in [0.1, 0.15) is 10.4 Å². The van der Waals surface area contributed by atoms with Gasteiger partial charge >= 0.3 is 0 Å². The molecule has 0 aliphatic heterocycles. The zero-order valence-electron chi connectivity index (χ0n) is 5.94. The van der Waals surface area contributed by atoms with Gasteiger partial charge in [-0.15, -0.1) is 5.10 Å². The highest BCUT2D eigenvalue weighted by Gasteiger charge is 2.03. The standard InChI is InChI=1S/C7H4BrN3O/c8-7-9-6-5(4-12)2-1-3-11(6)10-7/h1-4H. The molecule has 0 atom stereocenters. The van der Waals surface area contributed by atoms with Crippen LogP contribution < -0.4 is 0 Å². The molecule has 0 bridgehead atoms. The monoisotopic (exact) mass is 225 g/mol. The molecule has 0 radical (unpaired) electrons. The Bertz CT molecular complexity index is 437. The van der Waals surface area contributed by atoms with Crippen molar-refractivity contribution >= 4 is 27.9 Å². The van der Waals surface area contributed by atoms with Gasteiger partial charge in [-0.1, -0.05) is 0 Å². The molecule has 0 fully saturated rings. The van der Waals surface area contributed by atoms with E-state index in [1.807, 2.05) is 0 Å². The second-order valence-corrected chi connectivity index (χ2v) is 2.94. The molecule has 0 aromatic carbocycles. The van der Waals surface area contributed by atoms with E-state index in [1.165, 1.54) is 0 Å². The van der Waals surface area contributed by atoms with Crippen LogP contribution in [0.25, 0.3) is 5.65 Å². The Morgan fingerprint density at radius 1 is 1.58 bits per heavy atom. The largest absolute Gasteiger partial charge is 0.298 e. The van der Waals surface area contributed by atoms with E-state index in [2.05, 4.69) is 26.0 Å². The first-order valence-electron chi connectivity index (χ1n) is 3.27. The van der Waals surface area contributed by atoms with Crippen molar-refractivity contribution in [1.82, 2.24) is 14.6 Å². The van der Waals surface area contributed by atoms with Crippen molar-refractivity contribution in [3.05, 3.63) is 28.6 Å². The Labute approximate surface area is 76.4 Å². The van der Waals surface area contributed by atoms with Crippen molar-refractivity contribution in [3.63, 3.8) is 0 Å². The van der Waals surface area contributed by atoms with Gasteiger partial charge in [-0.25, -0.2) is 9.50 Å². The summed E-state index contributed by atoms with van der Waals surface area (Å²) in [6.45, 7) is 0. The van der Waals surface area contributed by atoms with E-state index >= 15 is 0 Å². The summed E-state index contributed by atoms with van der Waals surface area (Å²) in [6, 6.07) is 3.45. The molecule has 2 aromatic rings. The molecule has 0 saturated carbocycles. The molecule has 0 aliphatic rings. The van der Waals surface area contributed by atoms with Crippen molar-refractivity contribution in [2.75, 3.05) is 0 Å². The number of aldehydes is 1. The summed E-state index contributed by atoms with van der Waals surface area (Å²) >= 11 is 3.13. The van der Waals surface area contributed by atoms with Crippen LogP contribution in [-0.2, 0) is 0 Å². The van der Waals surface area contributed by atoms with E-state index in [0.717, 1.165) is 6.29 Å². The summed E-state index contributed by atoms with van der Waals surface area (Å²) < 4.78 is 2.03. The van der Waals surface area contributed by atoms with Crippen LogP contribution in [0.15, 0.2) is 23.1 Å². The summed E-state index contributed by atoms with van der Waals surface area (Å²) in [7, 11) is 0. The molecule has 0 saturated heterocycles. The Balaban J connectivity index is 2.86. The summed E-state index contributed by atoms with van der Waals surface area (Å²) in [5, 5.41) is 3.99. The van der Waals surface area contributed by atoms with Gasteiger partial charge < -0.3 is 0 Å². The lowest BCUT2D eigenvalue weighted by molar-refractivity contribution is 0.112. The topological polar surface area (TPSA) is 47.3 Å². The molecule has 0 unspecified atom stereocenters. The Kier molecular flexibility index (Phi) is 1.65. The van der Waals surface area contributed by atoms with Crippen LogP contribution in [-0.4, -0.2) is 20.9 Å². The Morgan fingerprint density at radius 2 is 2.42 bits per heavy atom. The number of halogens is 1. The summed E-state index contributed by atoms with van der Waals surface area (Å²) in [4.78, 5) is 14.6. The molecule has 0 spiro atoms. The van der Waals surface area contributed by atoms with E-state index < -0.39 is 0 Å². The third-order valence-electron chi connectivity index (χ3n) is 1.49. The van der Waals surface area contributed by atoms with Gasteiger partial charge in [0.1, 0.15) is 0 Å². The summed E-state index contributed by atoms with van der Waals surface area (Å²) in [6.07, 6.45) is 2.50. The van der Waals surface area contributed by atoms with E-state index in [9.17, 15) is 4.79 Å². The zero-order chi connectivity index (χ0) is 8.55. The molecule has 0 N–H and O–H groups in total. The zero-order valence-corrected chi connectivity index (χ0v) is 7.52. The minimum atomic E-state index is 0.483. The number of nitrogens with zero attached hydrogens (tertiary/aromatic N) is 3. The number of aromatic nitrogens is 3. The van der Waals surface area contributed by atoms with E-state index in [4.69, 9.17) is 0 Å². The molecule has 2 aromatic heterocycles. The smallest absolute Gasteiger partial charge is 0.218 e. The van der Waals surface area contributed by atoms with Gasteiger partial charge in [0.2, 0.25) is 4.73 Å². The van der Waals surface area contributed by atoms with Gasteiger partial charge in [-0.3, -0.25) is 4.79 Å². The first kappa shape index (κ1) is 7.42. The molecule has 0 amide bonds. The molecule has 0 aliphatic carbocycles. The number of pyridine rings is 1. The minimum absolute atomic E-state index is 0.483. The number of carbonyl (C=O) groups is 1. The molecule has 4 nitrogen and oxygen atoms in total. The first-order chi connectivity index (χ1) is 5.81. The van der Waals surface area contributed by atoms with Crippen LogP contribution >= 0.6 is 15.9 Å². The van der Waals surface area contributed by atoms with E-state index in [0.29, 0.717) is 15.9 Å². The molecule has 60 valence electrons. The van der Waals surface area contributed by atoms with E-state index in [-0.39, 0.29) is 0 Å². The Morgan fingerprint density at radius 3 is 3.17 bits per heavy atom. The van der Waals surface area contributed by atoms with Crippen LogP contribution in [0.5, 0.6) is 0 Å². The van der Waals surface area contributed by atoms with Gasteiger partial charge in [0, 0.05) is 6.20 Å².